The van der Waals surface area contributed by atoms with E-state index in [0.29, 0.717) is 0 Å². The molecule has 0 saturated heterocycles. The highest BCUT2D eigenvalue weighted by Crippen LogP contribution is 2.54. The van der Waals surface area contributed by atoms with Gasteiger partial charge in [-0.2, -0.15) is 39.5 Å². The van der Waals surface area contributed by atoms with Crippen LogP contribution in [0.2, 0.25) is 0 Å². The Morgan fingerprint density at radius 3 is 1.56 bits per heavy atom. The standard InChI is InChI=1S/C13H9F9O3.C2H6/c14-11(15,16)10(12(17,18)19,13(20,21)22)25-7-6-24-9(23)8-4-2-1-3-5-8;1-2/h1-5H,6-7H2;1-2H3. The highest BCUT2D eigenvalue weighted by Gasteiger charge is 2.85. The number of ether oxygens (including phenoxy) is 2. The molecule has 0 aliphatic carbocycles. The molecular weight excluding hydrogens is 399 g/mol. The number of alkyl halides is 9. The lowest BCUT2D eigenvalue weighted by Crippen LogP contribution is -2.68. The summed E-state index contributed by atoms with van der Waals surface area (Å²) in [7, 11) is 0. The van der Waals surface area contributed by atoms with E-state index < -0.39 is 43.3 Å². The van der Waals surface area contributed by atoms with Crippen molar-refractivity contribution in [3.05, 3.63) is 35.9 Å². The lowest BCUT2D eigenvalue weighted by Gasteiger charge is -2.37. The first-order valence-corrected chi connectivity index (χ1v) is 7.30. The number of rotatable bonds is 5. The van der Waals surface area contributed by atoms with Gasteiger partial charge >= 0.3 is 30.1 Å². The zero-order valence-corrected chi connectivity index (χ0v) is 13.9. The van der Waals surface area contributed by atoms with Crippen LogP contribution in [0.3, 0.4) is 0 Å². The number of halogens is 9. The molecule has 27 heavy (non-hydrogen) atoms. The largest absolute Gasteiger partial charge is 0.460 e. The van der Waals surface area contributed by atoms with Crippen molar-refractivity contribution >= 4 is 5.97 Å². The van der Waals surface area contributed by atoms with Crippen molar-refractivity contribution in [3.8, 4) is 0 Å². The van der Waals surface area contributed by atoms with Gasteiger partial charge in [0.15, 0.2) is 0 Å². The predicted molar refractivity (Wildman–Crippen MR) is 74.9 cm³/mol. The van der Waals surface area contributed by atoms with Crippen LogP contribution in [0.4, 0.5) is 39.5 Å². The Morgan fingerprint density at radius 2 is 1.19 bits per heavy atom. The fourth-order valence-electron chi connectivity index (χ4n) is 1.71. The van der Waals surface area contributed by atoms with Gasteiger partial charge in [-0.1, -0.05) is 32.0 Å². The third-order valence-corrected chi connectivity index (χ3v) is 2.84. The maximum atomic E-state index is 12.5. The van der Waals surface area contributed by atoms with Gasteiger partial charge in [0.05, 0.1) is 12.2 Å². The van der Waals surface area contributed by atoms with Gasteiger partial charge in [0.25, 0.3) is 0 Å². The van der Waals surface area contributed by atoms with Gasteiger partial charge in [0.2, 0.25) is 0 Å². The number of esters is 1. The summed E-state index contributed by atoms with van der Waals surface area (Å²) in [5.41, 5.74) is -6.48. The molecule has 0 fully saturated rings. The zero-order chi connectivity index (χ0) is 21.5. The highest BCUT2D eigenvalue weighted by molar-refractivity contribution is 5.89. The molecule has 0 radical (unpaired) electrons. The minimum absolute atomic E-state index is 0.101. The van der Waals surface area contributed by atoms with Crippen molar-refractivity contribution in [3.63, 3.8) is 0 Å². The van der Waals surface area contributed by atoms with Crippen molar-refractivity contribution in [1.82, 2.24) is 0 Å². The van der Waals surface area contributed by atoms with Crippen LogP contribution in [-0.2, 0) is 9.47 Å². The quantitative estimate of drug-likeness (QED) is 0.372. The maximum Gasteiger partial charge on any atom is 0.435 e. The number of carbonyl (C=O) groups is 1. The fraction of sp³-hybridized carbons (Fsp3) is 0.533. The monoisotopic (exact) mass is 414 g/mol. The van der Waals surface area contributed by atoms with Crippen LogP contribution in [0, 0.1) is 0 Å². The van der Waals surface area contributed by atoms with Crippen LogP contribution in [0.15, 0.2) is 30.3 Å². The Bertz CT molecular complexity index is 541. The minimum Gasteiger partial charge on any atom is -0.460 e. The summed E-state index contributed by atoms with van der Waals surface area (Å²) in [5, 5.41) is 0. The lowest BCUT2D eigenvalue weighted by atomic mass is 10.0. The van der Waals surface area contributed by atoms with E-state index in [0.717, 1.165) is 0 Å². The maximum absolute atomic E-state index is 12.5. The molecule has 0 atom stereocenters. The van der Waals surface area contributed by atoms with Gasteiger partial charge in [0, 0.05) is 0 Å². The number of hydrogen-bond acceptors (Lipinski definition) is 3. The summed E-state index contributed by atoms with van der Waals surface area (Å²) < 4.78 is 120. The molecular formula is C15H15F9O3. The average molecular weight is 414 g/mol. The van der Waals surface area contributed by atoms with E-state index in [1.54, 1.807) is 0 Å². The Morgan fingerprint density at radius 1 is 0.778 bits per heavy atom. The first-order valence-electron chi connectivity index (χ1n) is 7.30. The van der Waals surface area contributed by atoms with E-state index in [4.69, 9.17) is 0 Å². The van der Waals surface area contributed by atoms with E-state index in [9.17, 15) is 44.3 Å². The molecule has 0 aliphatic rings. The number of benzene rings is 1. The summed E-state index contributed by atoms with van der Waals surface area (Å²) in [6, 6.07) is 6.71. The normalized spacial score (nSPS) is 12.9. The molecule has 0 bridgehead atoms. The van der Waals surface area contributed by atoms with Gasteiger partial charge in [-0.15, -0.1) is 0 Å². The van der Waals surface area contributed by atoms with Crippen molar-refractivity contribution in [1.29, 1.82) is 0 Å². The van der Waals surface area contributed by atoms with Crippen LogP contribution >= 0.6 is 0 Å². The molecule has 0 N–H and O–H groups in total. The molecule has 0 heterocycles. The van der Waals surface area contributed by atoms with Gasteiger partial charge < -0.3 is 9.47 Å². The first kappa shape index (κ1) is 25.0. The molecule has 1 rings (SSSR count). The van der Waals surface area contributed by atoms with E-state index in [-0.39, 0.29) is 5.56 Å². The van der Waals surface area contributed by atoms with Crippen molar-refractivity contribution in [2.45, 2.75) is 38.0 Å². The number of carbonyl (C=O) groups excluding carboxylic acids is 1. The molecule has 0 aromatic heterocycles. The van der Waals surface area contributed by atoms with Crippen LogP contribution in [-0.4, -0.2) is 43.3 Å². The summed E-state index contributed by atoms with van der Waals surface area (Å²) in [5.74, 6) is -1.15. The highest BCUT2D eigenvalue weighted by atomic mass is 19.4. The Labute approximate surface area is 148 Å². The van der Waals surface area contributed by atoms with Crippen molar-refractivity contribution < 1.29 is 53.8 Å². The molecule has 0 saturated carbocycles. The molecule has 1 aromatic rings. The van der Waals surface area contributed by atoms with E-state index in [2.05, 4.69) is 9.47 Å². The second-order valence-corrected chi connectivity index (χ2v) is 4.52. The molecule has 156 valence electrons. The molecule has 12 heteroatoms. The van der Waals surface area contributed by atoms with Gasteiger partial charge in [-0.25, -0.2) is 4.79 Å². The summed E-state index contributed by atoms with van der Waals surface area (Å²) in [6.45, 7) is 0.967. The fourth-order valence-corrected chi connectivity index (χ4v) is 1.71. The number of hydrogen-bond donors (Lipinski definition) is 0. The van der Waals surface area contributed by atoms with Crippen LogP contribution in [0.5, 0.6) is 0 Å². The Kier molecular flexibility index (Phi) is 8.61. The molecule has 0 unspecified atom stereocenters. The van der Waals surface area contributed by atoms with E-state index >= 15 is 0 Å². The SMILES string of the molecule is CC.O=C(OCCOC(C(F)(F)F)(C(F)(F)F)C(F)(F)F)c1ccccc1. The van der Waals surface area contributed by atoms with Crippen LogP contribution in [0.1, 0.15) is 24.2 Å². The molecule has 3 nitrogen and oxygen atoms in total. The molecule has 0 aliphatic heterocycles. The van der Waals surface area contributed by atoms with Crippen LogP contribution < -0.4 is 0 Å². The first-order chi connectivity index (χ1) is 12.2. The average Bonchev–Trinajstić information content (AvgIpc) is 2.53. The summed E-state index contributed by atoms with van der Waals surface area (Å²) >= 11 is 0. The molecule has 0 amide bonds. The van der Waals surface area contributed by atoms with Gasteiger partial charge in [-0.05, 0) is 12.1 Å². The van der Waals surface area contributed by atoms with Gasteiger partial charge in [-0.3, -0.25) is 0 Å². The second-order valence-electron chi connectivity index (χ2n) is 4.52. The van der Waals surface area contributed by atoms with Crippen molar-refractivity contribution in [2.75, 3.05) is 13.2 Å². The minimum atomic E-state index is -6.83. The topological polar surface area (TPSA) is 35.5 Å². The van der Waals surface area contributed by atoms with E-state index in [1.807, 2.05) is 13.8 Å². The lowest BCUT2D eigenvalue weighted by molar-refractivity contribution is -0.457. The zero-order valence-electron chi connectivity index (χ0n) is 13.9. The van der Waals surface area contributed by atoms with E-state index in [1.165, 1.54) is 30.3 Å². The third kappa shape index (κ3) is 5.75. The third-order valence-electron chi connectivity index (χ3n) is 2.84. The summed E-state index contributed by atoms with van der Waals surface area (Å²) in [4.78, 5) is 11.4. The molecule has 1 aromatic carbocycles. The van der Waals surface area contributed by atoms with Crippen LogP contribution in [0.25, 0.3) is 0 Å². The Hall–Kier alpha value is -1.98. The second kappa shape index (κ2) is 9.29. The molecule has 0 spiro atoms. The van der Waals surface area contributed by atoms with Crippen molar-refractivity contribution in [2.24, 2.45) is 0 Å². The predicted octanol–water partition coefficient (Wildman–Crippen LogP) is 5.31. The van der Waals surface area contributed by atoms with Gasteiger partial charge in [0.1, 0.15) is 6.61 Å². The summed E-state index contributed by atoms with van der Waals surface area (Å²) in [6.07, 6.45) is -20.5. The Balaban J connectivity index is 0.00000326. The smallest absolute Gasteiger partial charge is 0.435 e.